The van der Waals surface area contributed by atoms with Crippen LogP contribution in [0.3, 0.4) is 0 Å². The fourth-order valence-electron chi connectivity index (χ4n) is 4.84. The molecule has 3 N–H and O–H groups in total. The number of carboxylic acid groups (broad SMARTS) is 1. The summed E-state index contributed by atoms with van der Waals surface area (Å²) in [4.78, 5) is 36.3. The van der Waals surface area contributed by atoms with Crippen molar-refractivity contribution < 1.29 is 33.0 Å². The molecule has 0 saturated heterocycles. The molecule has 9 heteroatoms. The average molecular weight is 487 g/mol. The van der Waals surface area contributed by atoms with Crippen molar-refractivity contribution in [1.82, 2.24) is 10.6 Å². The van der Waals surface area contributed by atoms with Crippen LogP contribution in [0.1, 0.15) is 49.1 Å². The second-order valence-corrected chi connectivity index (χ2v) is 9.16. The van der Waals surface area contributed by atoms with Crippen LogP contribution < -0.4 is 10.6 Å². The zero-order valence-electron chi connectivity index (χ0n) is 19.1. The molecule has 2 aliphatic carbocycles. The predicted octanol–water partition coefficient (Wildman–Crippen LogP) is 4.31. The van der Waals surface area contributed by atoms with E-state index in [2.05, 4.69) is 10.6 Å². The molecule has 0 bridgehead atoms. The molecule has 35 heavy (non-hydrogen) atoms. The Morgan fingerprint density at radius 2 is 1.57 bits per heavy atom. The van der Waals surface area contributed by atoms with Crippen molar-refractivity contribution in [1.29, 1.82) is 0 Å². The van der Waals surface area contributed by atoms with Crippen LogP contribution in [0.2, 0.25) is 0 Å². The third kappa shape index (κ3) is 5.96. The van der Waals surface area contributed by atoms with Crippen LogP contribution in [0.5, 0.6) is 0 Å². The highest BCUT2D eigenvalue weighted by atomic mass is 19.3. The van der Waals surface area contributed by atoms with Crippen molar-refractivity contribution in [3.63, 3.8) is 0 Å². The lowest BCUT2D eigenvalue weighted by Crippen LogP contribution is -2.49. The van der Waals surface area contributed by atoms with Gasteiger partial charge in [0.25, 0.3) is 0 Å². The number of alkyl halides is 2. The van der Waals surface area contributed by atoms with E-state index in [-0.39, 0.29) is 50.7 Å². The van der Waals surface area contributed by atoms with Crippen molar-refractivity contribution in [2.45, 2.75) is 50.0 Å². The van der Waals surface area contributed by atoms with E-state index < -0.39 is 36.4 Å². The molecule has 2 aromatic carbocycles. The van der Waals surface area contributed by atoms with Gasteiger partial charge in [0.05, 0.1) is 6.42 Å². The van der Waals surface area contributed by atoms with Crippen molar-refractivity contribution in [2.75, 3.05) is 13.2 Å². The molecule has 4 rings (SSSR count). The number of ether oxygens (including phenoxy) is 1. The molecule has 0 heterocycles. The number of benzene rings is 2. The summed E-state index contributed by atoms with van der Waals surface area (Å²) in [7, 11) is 0. The number of carbonyl (C=O) groups is 3. The summed E-state index contributed by atoms with van der Waals surface area (Å²) in [6, 6.07) is 14.3. The Labute approximate surface area is 201 Å². The molecule has 0 aliphatic heterocycles. The van der Waals surface area contributed by atoms with Crippen LogP contribution in [0, 0.1) is 5.92 Å². The first-order chi connectivity index (χ1) is 16.7. The summed E-state index contributed by atoms with van der Waals surface area (Å²) in [5, 5.41) is 14.1. The Bertz CT molecular complexity index is 1050. The Hall–Kier alpha value is -3.49. The minimum Gasteiger partial charge on any atom is -0.481 e. The van der Waals surface area contributed by atoms with Crippen LogP contribution in [0.15, 0.2) is 48.5 Å². The number of nitrogens with one attached hydrogen (secondary N) is 2. The highest BCUT2D eigenvalue weighted by Crippen LogP contribution is 2.44. The lowest BCUT2D eigenvalue weighted by atomic mass is 9.87. The normalized spacial score (nSPS) is 17.7. The number of hydrogen-bond donors (Lipinski definition) is 3. The van der Waals surface area contributed by atoms with E-state index in [1.807, 2.05) is 48.5 Å². The second kappa shape index (κ2) is 10.4. The van der Waals surface area contributed by atoms with Gasteiger partial charge >= 0.3 is 12.1 Å². The SMILES string of the molecule is O=C(O)CC(NC(=O)OCC1c2ccccc2-c2ccccc21)C(=O)NCC1CCC(F)(F)CC1. The van der Waals surface area contributed by atoms with Crippen LogP contribution in [-0.4, -0.2) is 48.2 Å². The highest BCUT2D eigenvalue weighted by Gasteiger charge is 2.35. The van der Waals surface area contributed by atoms with Gasteiger partial charge in [-0.3, -0.25) is 9.59 Å². The van der Waals surface area contributed by atoms with Gasteiger partial charge < -0.3 is 20.5 Å². The quantitative estimate of drug-likeness (QED) is 0.516. The maximum atomic E-state index is 13.3. The molecule has 2 aromatic rings. The van der Waals surface area contributed by atoms with E-state index in [9.17, 15) is 28.3 Å². The summed E-state index contributed by atoms with van der Waals surface area (Å²) >= 11 is 0. The zero-order valence-corrected chi connectivity index (χ0v) is 19.1. The number of carbonyl (C=O) groups excluding carboxylic acids is 2. The number of hydrogen-bond acceptors (Lipinski definition) is 4. The van der Waals surface area contributed by atoms with Gasteiger partial charge in [-0.25, -0.2) is 13.6 Å². The topological polar surface area (TPSA) is 105 Å². The van der Waals surface area contributed by atoms with Gasteiger partial charge in [-0.1, -0.05) is 48.5 Å². The minimum atomic E-state index is -2.67. The number of halogens is 2. The van der Waals surface area contributed by atoms with Gasteiger partial charge in [0, 0.05) is 25.3 Å². The van der Waals surface area contributed by atoms with Gasteiger partial charge in [-0.2, -0.15) is 0 Å². The number of aliphatic carboxylic acids is 1. The molecule has 0 aromatic heterocycles. The average Bonchev–Trinajstić information content (AvgIpc) is 3.15. The molecular weight excluding hydrogens is 458 g/mol. The summed E-state index contributed by atoms with van der Waals surface area (Å²) in [6.07, 6.45) is -1.44. The van der Waals surface area contributed by atoms with Crippen molar-refractivity contribution in [3.05, 3.63) is 59.7 Å². The molecule has 0 radical (unpaired) electrons. The van der Waals surface area contributed by atoms with Crippen molar-refractivity contribution >= 4 is 18.0 Å². The zero-order chi connectivity index (χ0) is 25.0. The predicted molar refractivity (Wildman–Crippen MR) is 124 cm³/mol. The number of fused-ring (bicyclic) bond motifs is 3. The van der Waals surface area contributed by atoms with Crippen molar-refractivity contribution in [2.24, 2.45) is 5.92 Å². The Morgan fingerprint density at radius 3 is 2.14 bits per heavy atom. The molecule has 2 aliphatic rings. The monoisotopic (exact) mass is 486 g/mol. The number of alkyl carbamates (subject to hydrolysis) is 1. The summed E-state index contributed by atoms with van der Waals surface area (Å²) < 4.78 is 32.1. The van der Waals surface area contributed by atoms with E-state index in [1.165, 1.54) is 0 Å². The van der Waals surface area contributed by atoms with E-state index in [4.69, 9.17) is 4.74 Å². The Morgan fingerprint density at radius 1 is 1.00 bits per heavy atom. The number of rotatable bonds is 8. The molecule has 7 nitrogen and oxygen atoms in total. The molecule has 1 fully saturated rings. The lowest BCUT2D eigenvalue weighted by Gasteiger charge is -2.28. The van der Waals surface area contributed by atoms with Crippen LogP contribution >= 0.6 is 0 Å². The van der Waals surface area contributed by atoms with Crippen LogP contribution in [0.25, 0.3) is 11.1 Å². The molecular formula is C26H28F2N2O5. The minimum absolute atomic E-state index is 0.0254. The molecule has 2 amide bonds. The molecule has 1 atom stereocenters. The molecule has 0 spiro atoms. The summed E-state index contributed by atoms with van der Waals surface area (Å²) in [6.45, 7) is 0.176. The first-order valence-corrected chi connectivity index (χ1v) is 11.7. The highest BCUT2D eigenvalue weighted by molar-refractivity contribution is 5.89. The first kappa shape index (κ1) is 24.6. The van der Waals surface area contributed by atoms with Crippen LogP contribution in [-0.2, 0) is 14.3 Å². The fourth-order valence-corrected chi connectivity index (χ4v) is 4.84. The van der Waals surface area contributed by atoms with Gasteiger partial charge in [0.1, 0.15) is 12.6 Å². The number of carboxylic acids is 1. The first-order valence-electron chi connectivity index (χ1n) is 11.7. The summed E-state index contributed by atoms with van der Waals surface area (Å²) in [5.74, 6) is -4.90. The van der Waals surface area contributed by atoms with E-state index in [0.29, 0.717) is 0 Å². The maximum absolute atomic E-state index is 13.3. The number of amides is 2. The molecule has 1 unspecified atom stereocenters. The van der Waals surface area contributed by atoms with E-state index in [1.54, 1.807) is 0 Å². The fraction of sp³-hybridized carbons (Fsp3) is 0.423. The summed E-state index contributed by atoms with van der Waals surface area (Å²) in [5.41, 5.74) is 4.19. The molecule has 186 valence electrons. The smallest absolute Gasteiger partial charge is 0.407 e. The standard InChI is InChI=1S/C26H28F2N2O5/c27-26(28)11-9-16(10-12-26)14-29-24(33)22(13-23(31)32)30-25(34)35-15-21-19-7-3-1-5-17(19)18-6-2-4-8-20(18)21/h1-8,16,21-22H,9-15H2,(H,29,33)(H,30,34)(H,31,32). The second-order valence-electron chi connectivity index (χ2n) is 9.16. The Kier molecular flexibility index (Phi) is 7.33. The van der Waals surface area contributed by atoms with Gasteiger partial charge in [-0.05, 0) is 41.0 Å². The maximum Gasteiger partial charge on any atom is 0.407 e. The van der Waals surface area contributed by atoms with Gasteiger partial charge in [0.2, 0.25) is 11.8 Å². The van der Waals surface area contributed by atoms with Gasteiger partial charge in [0.15, 0.2) is 0 Å². The van der Waals surface area contributed by atoms with Gasteiger partial charge in [-0.15, -0.1) is 0 Å². The van der Waals surface area contributed by atoms with Crippen LogP contribution in [0.4, 0.5) is 13.6 Å². The third-order valence-corrected chi connectivity index (χ3v) is 6.73. The molecule has 1 saturated carbocycles. The van der Waals surface area contributed by atoms with Crippen molar-refractivity contribution in [3.8, 4) is 11.1 Å². The third-order valence-electron chi connectivity index (χ3n) is 6.73. The Balaban J connectivity index is 1.33. The lowest BCUT2D eigenvalue weighted by molar-refractivity contribution is -0.139. The van der Waals surface area contributed by atoms with E-state index >= 15 is 0 Å². The van der Waals surface area contributed by atoms with E-state index in [0.717, 1.165) is 22.3 Å². The largest absolute Gasteiger partial charge is 0.481 e.